The lowest BCUT2D eigenvalue weighted by Gasteiger charge is -2.14. The Kier molecular flexibility index (Phi) is 4.50. The molecular weight excluding hydrogens is 332 g/mol. The number of ether oxygens (including phenoxy) is 1. The fraction of sp³-hybridized carbons (Fsp3) is 0.176. The van der Waals surface area contributed by atoms with E-state index in [0.717, 1.165) is 15.8 Å². The number of amides is 1. The van der Waals surface area contributed by atoms with E-state index in [4.69, 9.17) is 16.3 Å². The van der Waals surface area contributed by atoms with Crippen molar-refractivity contribution in [1.82, 2.24) is 4.98 Å². The molecule has 4 nitrogen and oxygen atoms in total. The third-order valence-corrected chi connectivity index (χ3v) is 4.53. The number of hydrogen-bond acceptors (Lipinski definition) is 4. The summed E-state index contributed by atoms with van der Waals surface area (Å²) in [7, 11) is 0. The van der Waals surface area contributed by atoms with Crippen molar-refractivity contribution < 1.29 is 9.53 Å². The summed E-state index contributed by atoms with van der Waals surface area (Å²) in [4.78, 5) is 16.7. The van der Waals surface area contributed by atoms with Crippen LogP contribution in [0.5, 0.6) is 5.75 Å². The van der Waals surface area contributed by atoms with Crippen LogP contribution < -0.4 is 10.1 Å². The molecule has 6 heteroatoms. The third-order valence-electron chi connectivity index (χ3n) is 3.28. The second-order valence-electron chi connectivity index (χ2n) is 5.17. The van der Waals surface area contributed by atoms with Gasteiger partial charge in [0, 0.05) is 0 Å². The van der Waals surface area contributed by atoms with Crippen molar-refractivity contribution in [3.05, 3.63) is 53.1 Å². The van der Waals surface area contributed by atoms with Crippen molar-refractivity contribution in [3.8, 4) is 5.75 Å². The number of para-hydroxylation sites is 1. The molecule has 0 aliphatic carbocycles. The number of nitrogens with zero attached hydrogens (tertiary/aromatic N) is 1. The molecule has 2 aromatic carbocycles. The van der Waals surface area contributed by atoms with E-state index in [1.54, 1.807) is 19.1 Å². The summed E-state index contributed by atoms with van der Waals surface area (Å²) < 4.78 is 6.65. The number of aryl methyl sites for hydroxylation is 1. The Labute approximate surface area is 143 Å². The van der Waals surface area contributed by atoms with Gasteiger partial charge < -0.3 is 4.74 Å². The molecule has 1 atom stereocenters. The summed E-state index contributed by atoms with van der Waals surface area (Å²) in [5, 5.41) is 3.83. The van der Waals surface area contributed by atoms with Crippen molar-refractivity contribution in [3.63, 3.8) is 0 Å². The first-order valence-electron chi connectivity index (χ1n) is 7.12. The topological polar surface area (TPSA) is 51.2 Å². The molecule has 0 saturated carbocycles. The lowest BCUT2D eigenvalue weighted by atomic mass is 10.2. The van der Waals surface area contributed by atoms with Gasteiger partial charge in [-0.1, -0.05) is 41.1 Å². The number of carbonyl (C=O) groups excluding carboxylic acids is 1. The number of fused-ring (bicyclic) bond motifs is 1. The molecule has 1 N–H and O–H groups in total. The van der Waals surface area contributed by atoms with Gasteiger partial charge >= 0.3 is 0 Å². The Balaban J connectivity index is 1.71. The Morgan fingerprint density at radius 3 is 2.87 bits per heavy atom. The van der Waals surface area contributed by atoms with Crippen LogP contribution in [0.3, 0.4) is 0 Å². The van der Waals surface area contributed by atoms with E-state index >= 15 is 0 Å². The zero-order chi connectivity index (χ0) is 16.4. The second-order valence-corrected chi connectivity index (χ2v) is 6.61. The van der Waals surface area contributed by atoms with Crippen LogP contribution >= 0.6 is 22.9 Å². The number of hydrogen-bond donors (Lipinski definition) is 1. The summed E-state index contributed by atoms with van der Waals surface area (Å²) in [5.74, 6) is 0.220. The molecule has 23 heavy (non-hydrogen) atoms. The molecule has 3 rings (SSSR count). The zero-order valence-corrected chi connectivity index (χ0v) is 14.2. The molecule has 0 aliphatic rings. The largest absolute Gasteiger partial charge is 0.479 e. The number of nitrogens with one attached hydrogen (secondary N) is 1. The minimum Gasteiger partial charge on any atom is -0.479 e. The molecule has 0 bridgehead atoms. The van der Waals surface area contributed by atoms with Crippen molar-refractivity contribution in [2.75, 3.05) is 5.32 Å². The van der Waals surface area contributed by atoms with Crippen molar-refractivity contribution in [2.24, 2.45) is 0 Å². The molecule has 0 radical (unpaired) electrons. The van der Waals surface area contributed by atoms with E-state index in [1.165, 1.54) is 11.3 Å². The summed E-state index contributed by atoms with van der Waals surface area (Å²) in [6, 6.07) is 13.1. The zero-order valence-electron chi connectivity index (χ0n) is 12.7. The number of rotatable bonds is 4. The molecule has 1 unspecified atom stereocenters. The van der Waals surface area contributed by atoms with Crippen LogP contribution in [0, 0.1) is 6.92 Å². The standard InChI is InChI=1S/C17H15ClN2O2S/c1-10-7-8-13-15(9-10)23-17(19-13)20-16(21)11(2)22-14-6-4-3-5-12(14)18/h3-9,11H,1-2H3,(H,19,20,21). The van der Waals surface area contributed by atoms with Gasteiger partial charge in [0.25, 0.3) is 5.91 Å². The molecule has 0 aliphatic heterocycles. The molecule has 3 aromatic rings. The van der Waals surface area contributed by atoms with Crippen LogP contribution in [0.15, 0.2) is 42.5 Å². The van der Waals surface area contributed by atoms with Gasteiger partial charge in [0.15, 0.2) is 11.2 Å². The molecule has 118 valence electrons. The maximum atomic E-state index is 12.3. The summed E-state index contributed by atoms with van der Waals surface area (Å²) >= 11 is 7.48. The number of thiazole rings is 1. The van der Waals surface area contributed by atoms with E-state index in [9.17, 15) is 4.79 Å². The van der Waals surface area contributed by atoms with Crippen LogP contribution in [0.2, 0.25) is 5.02 Å². The van der Waals surface area contributed by atoms with Crippen molar-refractivity contribution >= 4 is 44.2 Å². The number of halogens is 1. The number of anilines is 1. The number of benzene rings is 2. The average molecular weight is 347 g/mol. The van der Waals surface area contributed by atoms with Crippen LogP contribution in [0.25, 0.3) is 10.2 Å². The predicted molar refractivity (Wildman–Crippen MR) is 94.5 cm³/mol. The van der Waals surface area contributed by atoms with E-state index < -0.39 is 6.10 Å². The molecule has 0 fully saturated rings. The van der Waals surface area contributed by atoms with Gasteiger partial charge in [-0.3, -0.25) is 10.1 Å². The Hall–Kier alpha value is -2.11. The fourth-order valence-corrected chi connectivity index (χ4v) is 3.22. The normalized spacial score (nSPS) is 12.1. The quantitative estimate of drug-likeness (QED) is 0.747. The van der Waals surface area contributed by atoms with Gasteiger partial charge in [0.05, 0.1) is 15.2 Å². The minimum absolute atomic E-state index is 0.263. The summed E-state index contributed by atoms with van der Waals surface area (Å²) in [5.41, 5.74) is 2.03. The van der Waals surface area contributed by atoms with Gasteiger partial charge in [0.1, 0.15) is 5.75 Å². The molecule has 1 aromatic heterocycles. The van der Waals surface area contributed by atoms with Gasteiger partial charge in [-0.15, -0.1) is 0 Å². The molecule has 0 spiro atoms. The van der Waals surface area contributed by atoms with Gasteiger partial charge in [-0.25, -0.2) is 4.98 Å². The lowest BCUT2D eigenvalue weighted by molar-refractivity contribution is -0.122. The fourth-order valence-electron chi connectivity index (χ4n) is 2.08. The number of aromatic nitrogens is 1. The van der Waals surface area contributed by atoms with E-state index in [1.807, 2.05) is 37.3 Å². The summed E-state index contributed by atoms with van der Waals surface area (Å²) in [6.07, 6.45) is -0.677. The van der Waals surface area contributed by atoms with Gasteiger partial charge in [-0.2, -0.15) is 0 Å². The Morgan fingerprint density at radius 1 is 1.30 bits per heavy atom. The van der Waals surface area contributed by atoms with Gasteiger partial charge in [0.2, 0.25) is 0 Å². The maximum absolute atomic E-state index is 12.3. The SMILES string of the molecule is Cc1ccc2nc(NC(=O)C(C)Oc3ccccc3Cl)sc2c1. The highest BCUT2D eigenvalue weighted by atomic mass is 35.5. The van der Waals surface area contributed by atoms with Crippen LogP contribution in [-0.4, -0.2) is 17.0 Å². The molecule has 1 amide bonds. The first-order valence-corrected chi connectivity index (χ1v) is 8.31. The van der Waals surface area contributed by atoms with Crippen molar-refractivity contribution in [2.45, 2.75) is 20.0 Å². The van der Waals surface area contributed by atoms with E-state index in [0.29, 0.717) is 15.9 Å². The lowest BCUT2D eigenvalue weighted by Crippen LogP contribution is -2.30. The predicted octanol–water partition coefficient (Wildman–Crippen LogP) is 4.66. The Bertz CT molecular complexity index is 863. The van der Waals surface area contributed by atoms with Crippen LogP contribution in [0.1, 0.15) is 12.5 Å². The highest BCUT2D eigenvalue weighted by Crippen LogP contribution is 2.27. The molecule has 1 heterocycles. The molecular formula is C17H15ClN2O2S. The van der Waals surface area contributed by atoms with E-state index in [-0.39, 0.29) is 5.91 Å². The van der Waals surface area contributed by atoms with E-state index in [2.05, 4.69) is 10.3 Å². The molecule has 0 saturated heterocycles. The monoisotopic (exact) mass is 346 g/mol. The summed E-state index contributed by atoms with van der Waals surface area (Å²) in [6.45, 7) is 3.70. The van der Waals surface area contributed by atoms with Crippen molar-refractivity contribution in [1.29, 1.82) is 0 Å². The highest BCUT2D eigenvalue weighted by molar-refractivity contribution is 7.22. The number of carbonyl (C=O) groups is 1. The van der Waals surface area contributed by atoms with Gasteiger partial charge in [-0.05, 0) is 43.7 Å². The van der Waals surface area contributed by atoms with Crippen LogP contribution in [-0.2, 0) is 4.79 Å². The highest BCUT2D eigenvalue weighted by Gasteiger charge is 2.17. The van der Waals surface area contributed by atoms with Crippen LogP contribution in [0.4, 0.5) is 5.13 Å². The third kappa shape index (κ3) is 3.63. The first kappa shape index (κ1) is 15.8. The first-order chi connectivity index (χ1) is 11.0. The Morgan fingerprint density at radius 2 is 2.09 bits per heavy atom. The smallest absolute Gasteiger partial charge is 0.266 e. The average Bonchev–Trinajstić information content (AvgIpc) is 2.90. The second kappa shape index (κ2) is 6.56. The maximum Gasteiger partial charge on any atom is 0.266 e. The minimum atomic E-state index is -0.677.